The Kier molecular flexibility index (Phi) is 14.5. The van der Waals surface area contributed by atoms with Crippen LogP contribution in [-0.4, -0.2) is 40.8 Å². The van der Waals surface area contributed by atoms with Crippen LogP contribution in [0.3, 0.4) is 0 Å². The van der Waals surface area contributed by atoms with Crippen LogP contribution >= 0.6 is 24.4 Å². The van der Waals surface area contributed by atoms with E-state index in [1.165, 1.54) is 0 Å². The van der Waals surface area contributed by atoms with Crippen LogP contribution in [0.4, 0.5) is 0 Å². The van der Waals surface area contributed by atoms with Gasteiger partial charge in [-0.05, 0) is 73.2 Å². The molecule has 0 spiro atoms. The molecule has 6 heteroatoms. The summed E-state index contributed by atoms with van der Waals surface area (Å²) in [5, 5.41) is 12.4. The first-order valence-corrected chi connectivity index (χ1v) is 13.7. The van der Waals surface area contributed by atoms with Crippen LogP contribution in [0.15, 0.2) is 42.5 Å². The van der Waals surface area contributed by atoms with Gasteiger partial charge in [0.2, 0.25) is 5.91 Å². The van der Waals surface area contributed by atoms with Crippen molar-refractivity contribution in [1.82, 2.24) is 5.32 Å². The van der Waals surface area contributed by atoms with E-state index in [4.69, 9.17) is 0 Å². The van der Waals surface area contributed by atoms with Crippen LogP contribution in [0.2, 0.25) is 0 Å². The Morgan fingerprint density at radius 3 is 2.34 bits per heavy atom. The molecule has 4 nitrogen and oxygen atoms in total. The molecule has 0 saturated heterocycles. The Bertz CT molecular complexity index is 690. The van der Waals surface area contributed by atoms with Gasteiger partial charge in [0.1, 0.15) is 6.04 Å². The highest BCUT2D eigenvalue weighted by Gasteiger charge is 2.26. The third kappa shape index (κ3) is 11.0. The van der Waals surface area contributed by atoms with Gasteiger partial charge < -0.3 is 10.4 Å². The summed E-state index contributed by atoms with van der Waals surface area (Å²) in [7, 11) is 0. The first kappa shape index (κ1) is 28.6. The maximum absolute atomic E-state index is 13.2. The second-order valence-electron chi connectivity index (χ2n) is 8.79. The van der Waals surface area contributed by atoms with Gasteiger partial charge >= 0.3 is 5.97 Å². The number of aliphatic carboxylic acids is 1. The summed E-state index contributed by atoms with van der Waals surface area (Å²) in [6.07, 6.45) is 10.2. The van der Waals surface area contributed by atoms with Gasteiger partial charge in [0.25, 0.3) is 0 Å². The fraction of sp³-hybridized carbons (Fsp3) is 0.615. The van der Waals surface area contributed by atoms with Crippen LogP contribution in [0, 0.1) is 23.7 Å². The maximum Gasteiger partial charge on any atom is 0.326 e. The molecule has 1 amide bonds. The molecular formula is C26H41NO3S2. The number of amides is 1. The van der Waals surface area contributed by atoms with Crippen molar-refractivity contribution in [2.45, 2.75) is 58.9 Å². The normalized spacial score (nSPS) is 15.4. The number of carboxylic acids is 1. The van der Waals surface area contributed by atoms with Crippen molar-refractivity contribution >= 4 is 36.3 Å². The minimum atomic E-state index is -0.966. The van der Waals surface area contributed by atoms with Gasteiger partial charge in [-0.3, -0.25) is 4.79 Å². The molecule has 0 radical (unpaired) electrons. The van der Waals surface area contributed by atoms with E-state index < -0.39 is 12.0 Å². The molecule has 1 aromatic rings. The number of thioether (sulfide) groups is 1. The van der Waals surface area contributed by atoms with Crippen molar-refractivity contribution in [3.05, 3.63) is 48.0 Å². The second-order valence-corrected chi connectivity index (χ2v) is 10.1. The fourth-order valence-corrected chi connectivity index (χ4v) is 4.53. The van der Waals surface area contributed by atoms with Crippen LogP contribution in [-0.2, 0) is 16.0 Å². The quantitative estimate of drug-likeness (QED) is 0.209. The summed E-state index contributed by atoms with van der Waals surface area (Å²) in [6.45, 7) is 6.60. The summed E-state index contributed by atoms with van der Waals surface area (Å²) in [6, 6.07) is 9.14. The van der Waals surface area contributed by atoms with E-state index in [0.29, 0.717) is 36.3 Å². The van der Waals surface area contributed by atoms with Gasteiger partial charge in [0.15, 0.2) is 0 Å². The maximum atomic E-state index is 13.2. The van der Waals surface area contributed by atoms with Crippen molar-refractivity contribution < 1.29 is 14.7 Å². The lowest BCUT2D eigenvalue weighted by Crippen LogP contribution is -2.44. The van der Waals surface area contributed by atoms with E-state index in [0.717, 1.165) is 30.6 Å². The van der Waals surface area contributed by atoms with Crippen molar-refractivity contribution in [3.8, 4) is 0 Å². The summed E-state index contributed by atoms with van der Waals surface area (Å²) in [5.41, 5.74) is 1.10. The van der Waals surface area contributed by atoms with E-state index in [9.17, 15) is 14.7 Å². The van der Waals surface area contributed by atoms with Gasteiger partial charge in [-0.15, -0.1) is 0 Å². The lowest BCUT2D eigenvalue weighted by molar-refractivity contribution is -0.142. The first-order valence-electron chi connectivity index (χ1n) is 11.7. The predicted molar refractivity (Wildman–Crippen MR) is 141 cm³/mol. The smallest absolute Gasteiger partial charge is 0.326 e. The number of allylic oxidation sites excluding steroid dienone is 2. The number of nitrogens with one attached hydrogen (secondary N) is 1. The molecule has 0 aliphatic heterocycles. The van der Waals surface area contributed by atoms with Crippen LogP contribution < -0.4 is 5.32 Å². The Morgan fingerprint density at radius 1 is 1.12 bits per heavy atom. The lowest BCUT2D eigenvalue weighted by atomic mass is 9.84. The molecule has 0 bridgehead atoms. The molecular weight excluding hydrogens is 438 g/mol. The Hall–Kier alpha value is -1.40. The van der Waals surface area contributed by atoms with Crippen LogP contribution in [0.25, 0.3) is 0 Å². The van der Waals surface area contributed by atoms with E-state index in [1.807, 2.05) is 36.6 Å². The van der Waals surface area contributed by atoms with E-state index in [1.54, 1.807) is 11.8 Å². The first-order chi connectivity index (χ1) is 15.3. The van der Waals surface area contributed by atoms with Crippen LogP contribution in [0.5, 0.6) is 0 Å². The summed E-state index contributed by atoms with van der Waals surface area (Å²) in [4.78, 5) is 24.8. The number of hydrogen-bond donors (Lipinski definition) is 3. The zero-order chi connectivity index (χ0) is 23.9. The highest BCUT2D eigenvalue weighted by atomic mass is 32.2. The molecule has 0 aliphatic rings. The highest BCUT2D eigenvalue weighted by Crippen LogP contribution is 2.25. The number of carbonyl (C=O) groups excluding carboxylic acids is 1. The number of carbonyl (C=O) groups is 2. The van der Waals surface area contributed by atoms with Crippen molar-refractivity contribution in [3.63, 3.8) is 0 Å². The minimum absolute atomic E-state index is 0.157. The van der Waals surface area contributed by atoms with E-state index >= 15 is 0 Å². The molecule has 0 heterocycles. The molecule has 180 valence electrons. The molecule has 32 heavy (non-hydrogen) atoms. The zero-order valence-corrected chi connectivity index (χ0v) is 21.7. The average molecular weight is 480 g/mol. The standard InChI is InChI=1S/C26H41NO3S2/c1-5-20(18-31)11-12-22(19(2)3)13-14-23(17-21-9-7-6-8-10-21)25(28)27-24(26(29)30)15-16-32-4/h6-12,19-20,22-24,31H,5,13-18H2,1-4H3,(H,27,28)(H,29,30). The summed E-state index contributed by atoms with van der Waals surface area (Å²) < 4.78 is 0. The lowest BCUT2D eigenvalue weighted by Gasteiger charge is -2.24. The number of thiol groups is 1. The second kappa shape index (κ2) is 16.2. The third-order valence-corrected chi connectivity index (χ3v) is 7.13. The number of hydrogen-bond acceptors (Lipinski definition) is 4. The molecule has 0 aliphatic carbocycles. The van der Waals surface area contributed by atoms with Gasteiger partial charge in [0.05, 0.1) is 0 Å². The van der Waals surface area contributed by atoms with E-state index in [-0.39, 0.29) is 11.8 Å². The number of rotatable bonds is 16. The molecule has 4 atom stereocenters. The SMILES string of the molecule is CCC(C=CC(CCC(Cc1ccccc1)C(=O)NC(CCSC)C(=O)O)C(C)C)CS. The Balaban J connectivity index is 2.94. The number of benzene rings is 1. The average Bonchev–Trinajstić information content (AvgIpc) is 2.78. The largest absolute Gasteiger partial charge is 0.480 e. The van der Waals surface area contributed by atoms with Gasteiger partial charge in [-0.25, -0.2) is 4.79 Å². The molecule has 1 rings (SSSR count). The summed E-state index contributed by atoms with van der Waals surface area (Å²) >= 11 is 6.02. The van der Waals surface area contributed by atoms with Gasteiger partial charge in [-0.1, -0.05) is 63.3 Å². The molecule has 0 saturated carbocycles. The zero-order valence-electron chi connectivity index (χ0n) is 20.0. The summed E-state index contributed by atoms with van der Waals surface area (Å²) in [5.74, 6) is 1.47. The van der Waals surface area contributed by atoms with E-state index in [2.05, 4.69) is 50.9 Å². The highest BCUT2D eigenvalue weighted by molar-refractivity contribution is 7.98. The van der Waals surface area contributed by atoms with Crippen molar-refractivity contribution in [2.75, 3.05) is 17.8 Å². The molecule has 1 aromatic carbocycles. The molecule has 0 fully saturated rings. The monoisotopic (exact) mass is 479 g/mol. The third-order valence-electron chi connectivity index (χ3n) is 6.02. The van der Waals surface area contributed by atoms with Gasteiger partial charge in [-0.2, -0.15) is 24.4 Å². The molecule has 0 aromatic heterocycles. The Labute approximate surface area is 204 Å². The fourth-order valence-electron chi connectivity index (χ4n) is 3.68. The topological polar surface area (TPSA) is 66.4 Å². The molecule has 4 unspecified atom stereocenters. The molecule has 2 N–H and O–H groups in total. The van der Waals surface area contributed by atoms with Gasteiger partial charge in [0, 0.05) is 5.92 Å². The minimum Gasteiger partial charge on any atom is -0.480 e. The van der Waals surface area contributed by atoms with Crippen molar-refractivity contribution in [2.24, 2.45) is 23.7 Å². The van der Waals surface area contributed by atoms with Crippen molar-refractivity contribution in [1.29, 1.82) is 0 Å². The Morgan fingerprint density at radius 2 is 1.81 bits per heavy atom. The van der Waals surface area contributed by atoms with Crippen LogP contribution in [0.1, 0.15) is 52.0 Å². The predicted octanol–water partition coefficient (Wildman–Crippen LogP) is 5.73. The number of carboxylic acid groups (broad SMARTS) is 1.